The number of pyridine rings is 1. The van der Waals surface area contributed by atoms with Gasteiger partial charge in [-0.25, -0.2) is 0 Å². The fourth-order valence-electron chi connectivity index (χ4n) is 1.58. The van der Waals surface area contributed by atoms with Crippen molar-refractivity contribution in [1.82, 2.24) is 4.98 Å². The van der Waals surface area contributed by atoms with Crippen LogP contribution in [0, 0.1) is 0 Å². The van der Waals surface area contributed by atoms with Crippen LogP contribution in [0.5, 0.6) is 0 Å². The van der Waals surface area contributed by atoms with Gasteiger partial charge in [-0.05, 0) is 29.3 Å². The molecule has 0 atom stereocenters. The molecule has 0 saturated heterocycles. The molecule has 0 fully saturated rings. The molecular weight excluding hydrogens is 220 g/mol. The maximum atomic E-state index is 6.10. The summed E-state index contributed by atoms with van der Waals surface area (Å²) in [6.45, 7) is 0.475. The zero-order valence-electron chi connectivity index (χ0n) is 8.86. The lowest BCUT2D eigenvalue weighted by molar-refractivity contribution is 1.05. The molecule has 2 aromatic rings. The van der Waals surface area contributed by atoms with Crippen molar-refractivity contribution in [1.29, 1.82) is 0 Å². The zero-order chi connectivity index (χ0) is 11.4. The topological polar surface area (TPSA) is 38.9 Å². The highest BCUT2D eigenvalue weighted by molar-refractivity contribution is 6.31. The standard InChI is InChI=1S/C13H13ClN2/c14-13-8-10(4-5-11(13)9-15)7-12-3-1-2-6-16-12/h1-6,8H,7,9,15H2. The molecule has 2 N–H and O–H groups in total. The van der Waals surface area contributed by atoms with Gasteiger partial charge in [-0.1, -0.05) is 29.8 Å². The lowest BCUT2D eigenvalue weighted by atomic mass is 10.1. The van der Waals surface area contributed by atoms with Gasteiger partial charge in [-0.2, -0.15) is 0 Å². The molecule has 0 amide bonds. The highest BCUT2D eigenvalue weighted by Crippen LogP contribution is 2.18. The van der Waals surface area contributed by atoms with E-state index in [9.17, 15) is 0 Å². The number of nitrogens with zero attached hydrogens (tertiary/aromatic N) is 1. The van der Waals surface area contributed by atoms with E-state index in [0.29, 0.717) is 6.54 Å². The molecular formula is C13H13ClN2. The second kappa shape index (κ2) is 5.10. The summed E-state index contributed by atoms with van der Waals surface area (Å²) >= 11 is 6.10. The van der Waals surface area contributed by atoms with Crippen LogP contribution >= 0.6 is 11.6 Å². The number of aromatic nitrogens is 1. The van der Waals surface area contributed by atoms with Crippen LogP contribution in [-0.4, -0.2) is 4.98 Å². The predicted molar refractivity (Wildman–Crippen MR) is 66.4 cm³/mol. The summed E-state index contributed by atoms with van der Waals surface area (Å²) < 4.78 is 0. The van der Waals surface area contributed by atoms with Gasteiger partial charge >= 0.3 is 0 Å². The van der Waals surface area contributed by atoms with E-state index in [-0.39, 0.29) is 0 Å². The van der Waals surface area contributed by atoms with Crippen molar-refractivity contribution >= 4 is 11.6 Å². The van der Waals surface area contributed by atoms with Crippen molar-refractivity contribution in [2.75, 3.05) is 0 Å². The number of nitrogens with two attached hydrogens (primary N) is 1. The van der Waals surface area contributed by atoms with Gasteiger partial charge < -0.3 is 5.73 Å². The zero-order valence-corrected chi connectivity index (χ0v) is 9.61. The van der Waals surface area contributed by atoms with Crippen molar-refractivity contribution in [3.05, 3.63) is 64.4 Å². The molecule has 0 radical (unpaired) electrons. The summed E-state index contributed by atoms with van der Waals surface area (Å²) in [5.41, 5.74) is 8.73. The summed E-state index contributed by atoms with van der Waals surface area (Å²) in [5.74, 6) is 0. The third kappa shape index (κ3) is 2.60. The number of benzene rings is 1. The Hall–Kier alpha value is -1.38. The number of hydrogen-bond donors (Lipinski definition) is 1. The molecule has 0 bridgehead atoms. The monoisotopic (exact) mass is 232 g/mol. The highest BCUT2D eigenvalue weighted by Gasteiger charge is 2.01. The van der Waals surface area contributed by atoms with Gasteiger partial charge in [0, 0.05) is 29.9 Å². The molecule has 0 saturated carbocycles. The Balaban J connectivity index is 2.20. The number of hydrogen-bond acceptors (Lipinski definition) is 2. The third-order valence-electron chi connectivity index (χ3n) is 2.45. The minimum atomic E-state index is 0.475. The average molecular weight is 233 g/mol. The highest BCUT2D eigenvalue weighted by atomic mass is 35.5. The van der Waals surface area contributed by atoms with E-state index in [0.717, 1.165) is 28.3 Å². The maximum Gasteiger partial charge on any atom is 0.0453 e. The van der Waals surface area contributed by atoms with Crippen LogP contribution < -0.4 is 5.73 Å². The van der Waals surface area contributed by atoms with Crippen LogP contribution in [0.4, 0.5) is 0 Å². The molecule has 0 aliphatic carbocycles. The molecule has 0 aliphatic heterocycles. The second-order valence-corrected chi connectivity index (χ2v) is 4.03. The molecule has 0 aliphatic rings. The molecule has 2 rings (SSSR count). The largest absolute Gasteiger partial charge is 0.326 e. The SMILES string of the molecule is NCc1ccc(Cc2ccccn2)cc1Cl. The van der Waals surface area contributed by atoms with Crippen LogP contribution in [0.25, 0.3) is 0 Å². The Morgan fingerprint density at radius 1 is 1.19 bits per heavy atom. The van der Waals surface area contributed by atoms with Gasteiger partial charge in [-0.3, -0.25) is 4.98 Å². The van der Waals surface area contributed by atoms with Crippen LogP contribution in [0.1, 0.15) is 16.8 Å². The maximum absolute atomic E-state index is 6.10. The van der Waals surface area contributed by atoms with Crippen molar-refractivity contribution < 1.29 is 0 Å². The molecule has 3 heteroatoms. The first-order valence-corrected chi connectivity index (χ1v) is 5.54. The number of rotatable bonds is 3. The molecule has 2 nitrogen and oxygen atoms in total. The van der Waals surface area contributed by atoms with Gasteiger partial charge in [0.25, 0.3) is 0 Å². The smallest absolute Gasteiger partial charge is 0.0453 e. The first-order chi connectivity index (χ1) is 7.79. The normalized spacial score (nSPS) is 10.4. The van der Waals surface area contributed by atoms with Crippen molar-refractivity contribution in [3.63, 3.8) is 0 Å². The molecule has 0 spiro atoms. The molecule has 82 valence electrons. The Morgan fingerprint density at radius 3 is 2.69 bits per heavy atom. The third-order valence-corrected chi connectivity index (χ3v) is 2.80. The van der Waals surface area contributed by atoms with Crippen molar-refractivity contribution in [2.45, 2.75) is 13.0 Å². The van der Waals surface area contributed by atoms with Gasteiger partial charge in [0.2, 0.25) is 0 Å². The van der Waals surface area contributed by atoms with E-state index in [2.05, 4.69) is 4.98 Å². The van der Waals surface area contributed by atoms with Gasteiger partial charge in [0.1, 0.15) is 0 Å². The van der Waals surface area contributed by atoms with Crippen molar-refractivity contribution in [3.8, 4) is 0 Å². The fraction of sp³-hybridized carbons (Fsp3) is 0.154. The van der Waals surface area contributed by atoms with E-state index in [1.807, 2.05) is 36.4 Å². The van der Waals surface area contributed by atoms with E-state index in [1.54, 1.807) is 6.20 Å². The molecule has 1 heterocycles. The molecule has 1 aromatic carbocycles. The number of halogens is 1. The van der Waals surface area contributed by atoms with Gasteiger partial charge in [0.15, 0.2) is 0 Å². The Labute approximate surface area is 100 Å². The fourth-order valence-corrected chi connectivity index (χ4v) is 1.86. The minimum absolute atomic E-state index is 0.475. The second-order valence-electron chi connectivity index (χ2n) is 3.63. The summed E-state index contributed by atoms with van der Waals surface area (Å²) in [5, 5.41) is 0.732. The summed E-state index contributed by atoms with van der Waals surface area (Å²) in [6, 6.07) is 11.9. The molecule has 16 heavy (non-hydrogen) atoms. The predicted octanol–water partition coefficient (Wildman–Crippen LogP) is 2.78. The summed E-state index contributed by atoms with van der Waals surface area (Å²) in [6.07, 6.45) is 2.59. The molecule has 0 unspecified atom stereocenters. The minimum Gasteiger partial charge on any atom is -0.326 e. The first-order valence-electron chi connectivity index (χ1n) is 5.17. The van der Waals surface area contributed by atoms with Gasteiger partial charge in [0.05, 0.1) is 0 Å². The van der Waals surface area contributed by atoms with E-state index < -0.39 is 0 Å². The average Bonchev–Trinajstić information content (AvgIpc) is 2.31. The first kappa shape index (κ1) is 11.1. The lowest BCUT2D eigenvalue weighted by Gasteiger charge is -2.05. The van der Waals surface area contributed by atoms with Crippen LogP contribution in [-0.2, 0) is 13.0 Å². The Bertz CT molecular complexity index is 469. The van der Waals surface area contributed by atoms with E-state index in [1.165, 1.54) is 0 Å². The van der Waals surface area contributed by atoms with E-state index >= 15 is 0 Å². The van der Waals surface area contributed by atoms with E-state index in [4.69, 9.17) is 17.3 Å². The summed E-state index contributed by atoms with van der Waals surface area (Å²) in [4.78, 5) is 4.28. The quantitative estimate of drug-likeness (QED) is 0.884. The Morgan fingerprint density at radius 2 is 2.06 bits per heavy atom. The van der Waals surface area contributed by atoms with Crippen LogP contribution in [0.15, 0.2) is 42.6 Å². The van der Waals surface area contributed by atoms with Crippen molar-refractivity contribution in [2.24, 2.45) is 5.73 Å². The van der Waals surface area contributed by atoms with Crippen LogP contribution in [0.2, 0.25) is 5.02 Å². The Kier molecular flexibility index (Phi) is 3.54. The van der Waals surface area contributed by atoms with Gasteiger partial charge in [-0.15, -0.1) is 0 Å². The molecule has 1 aromatic heterocycles. The van der Waals surface area contributed by atoms with Crippen LogP contribution in [0.3, 0.4) is 0 Å². The lowest BCUT2D eigenvalue weighted by Crippen LogP contribution is -1.98. The summed E-state index contributed by atoms with van der Waals surface area (Å²) in [7, 11) is 0.